The standard InChI is InChI=1S/C12H14ClN5S/c13-12-10(15-16-19-12)9-17-5-7-18(8-6-17)11-3-1-2-4-14-11/h1-4H,5-9H2. The highest BCUT2D eigenvalue weighted by Crippen LogP contribution is 2.20. The minimum absolute atomic E-state index is 0.701. The number of aromatic nitrogens is 3. The van der Waals surface area contributed by atoms with E-state index in [4.69, 9.17) is 11.6 Å². The molecule has 0 N–H and O–H groups in total. The summed E-state index contributed by atoms with van der Waals surface area (Å²) < 4.78 is 4.56. The van der Waals surface area contributed by atoms with Crippen LogP contribution < -0.4 is 4.90 Å². The number of rotatable bonds is 3. The Labute approximate surface area is 121 Å². The molecule has 0 radical (unpaired) electrons. The Morgan fingerprint density at radius 1 is 1.21 bits per heavy atom. The Morgan fingerprint density at radius 3 is 2.68 bits per heavy atom. The van der Waals surface area contributed by atoms with Crippen LogP contribution in [0.3, 0.4) is 0 Å². The highest BCUT2D eigenvalue weighted by molar-refractivity contribution is 7.10. The molecule has 100 valence electrons. The molecule has 0 atom stereocenters. The molecule has 0 spiro atoms. The van der Waals surface area contributed by atoms with Gasteiger partial charge >= 0.3 is 0 Å². The van der Waals surface area contributed by atoms with Crippen molar-refractivity contribution in [3.63, 3.8) is 0 Å². The SMILES string of the molecule is Clc1snnc1CN1CCN(c2ccccn2)CC1. The lowest BCUT2D eigenvalue weighted by Crippen LogP contribution is -2.46. The molecule has 5 nitrogen and oxygen atoms in total. The molecule has 1 aliphatic rings. The van der Waals surface area contributed by atoms with Crippen LogP contribution in [0.15, 0.2) is 24.4 Å². The second kappa shape index (κ2) is 5.81. The van der Waals surface area contributed by atoms with Gasteiger partial charge in [0.25, 0.3) is 0 Å². The highest BCUT2D eigenvalue weighted by atomic mass is 35.5. The van der Waals surface area contributed by atoms with Crippen molar-refractivity contribution in [3.8, 4) is 0 Å². The summed E-state index contributed by atoms with van der Waals surface area (Å²) in [6.07, 6.45) is 1.84. The Kier molecular flexibility index (Phi) is 3.91. The van der Waals surface area contributed by atoms with Gasteiger partial charge in [0.05, 0.1) is 0 Å². The maximum Gasteiger partial charge on any atom is 0.138 e. The van der Waals surface area contributed by atoms with Crippen LogP contribution in [0.2, 0.25) is 4.34 Å². The number of halogens is 1. The van der Waals surface area contributed by atoms with Crippen molar-refractivity contribution >= 4 is 29.0 Å². The monoisotopic (exact) mass is 295 g/mol. The fourth-order valence-electron chi connectivity index (χ4n) is 2.18. The summed E-state index contributed by atoms with van der Waals surface area (Å²) in [5.41, 5.74) is 0.887. The van der Waals surface area contributed by atoms with Gasteiger partial charge in [-0.3, -0.25) is 4.90 Å². The van der Waals surface area contributed by atoms with E-state index in [2.05, 4.69) is 30.4 Å². The van der Waals surface area contributed by atoms with Crippen LogP contribution in [0.25, 0.3) is 0 Å². The molecular weight excluding hydrogens is 282 g/mol. The molecule has 3 rings (SSSR count). The van der Waals surface area contributed by atoms with E-state index < -0.39 is 0 Å². The topological polar surface area (TPSA) is 45.2 Å². The van der Waals surface area contributed by atoms with Crippen LogP contribution in [-0.4, -0.2) is 45.6 Å². The third kappa shape index (κ3) is 3.02. The molecular formula is C12H14ClN5S. The molecule has 0 amide bonds. The van der Waals surface area contributed by atoms with Crippen molar-refractivity contribution in [2.45, 2.75) is 6.54 Å². The fourth-order valence-corrected chi connectivity index (χ4v) is 2.79. The van der Waals surface area contributed by atoms with Gasteiger partial charge in [0.2, 0.25) is 0 Å². The van der Waals surface area contributed by atoms with Crippen molar-refractivity contribution in [1.82, 2.24) is 19.5 Å². The largest absolute Gasteiger partial charge is 0.354 e. The molecule has 3 heterocycles. The van der Waals surface area contributed by atoms with Crippen LogP contribution in [-0.2, 0) is 6.54 Å². The first-order valence-corrected chi connectivity index (χ1v) is 7.33. The lowest BCUT2D eigenvalue weighted by molar-refractivity contribution is 0.246. The lowest BCUT2D eigenvalue weighted by Gasteiger charge is -2.34. The van der Waals surface area contributed by atoms with E-state index in [0.29, 0.717) is 4.34 Å². The van der Waals surface area contributed by atoms with Gasteiger partial charge in [-0.25, -0.2) is 4.98 Å². The Bertz CT molecular complexity index is 524. The van der Waals surface area contributed by atoms with Gasteiger partial charge in [0.15, 0.2) is 0 Å². The summed E-state index contributed by atoms with van der Waals surface area (Å²) in [5.74, 6) is 1.05. The van der Waals surface area contributed by atoms with Crippen LogP contribution >= 0.6 is 23.1 Å². The van der Waals surface area contributed by atoms with Gasteiger partial charge in [-0.1, -0.05) is 22.2 Å². The zero-order valence-electron chi connectivity index (χ0n) is 10.4. The molecule has 1 aliphatic heterocycles. The quantitative estimate of drug-likeness (QED) is 0.865. The van der Waals surface area contributed by atoms with Crippen molar-refractivity contribution < 1.29 is 0 Å². The number of nitrogens with zero attached hydrogens (tertiary/aromatic N) is 5. The Morgan fingerprint density at radius 2 is 2.05 bits per heavy atom. The van der Waals surface area contributed by atoms with E-state index in [1.807, 2.05) is 18.3 Å². The smallest absolute Gasteiger partial charge is 0.138 e. The van der Waals surface area contributed by atoms with Crippen LogP contribution in [0, 0.1) is 0 Å². The molecule has 2 aromatic rings. The minimum atomic E-state index is 0.701. The number of anilines is 1. The maximum absolute atomic E-state index is 6.03. The molecule has 0 saturated carbocycles. The van der Waals surface area contributed by atoms with E-state index in [1.54, 1.807) is 0 Å². The average Bonchev–Trinajstić information content (AvgIpc) is 2.86. The molecule has 1 saturated heterocycles. The molecule has 0 aliphatic carbocycles. The molecule has 2 aromatic heterocycles. The van der Waals surface area contributed by atoms with E-state index in [-0.39, 0.29) is 0 Å². The maximum atomic E-state index is 6.03. The van der Waals surface area contributed by atoms with Gasteiger partial charge in [0, 0.05) is 50.5 Å². The molecule has 19 heavy (non-hydrogen) atoms. The van der Waals surface area contributed by atoms with Gasteiger partial charge in [-0.15, -0.1) is 5.10 Å². The summed E-state index contributed by atoms with van der Waals surface area (Å²) >= 11 is 7.28. The second-order valence-corrected chi connectivity index (χ2v) is 5.80. The van der Waals surface area contributed by atoms with Crippen molar-refractivity contribution in [2.75, 3.05) is 31.1 Å². The van der Waals surface area contributed by atoms with Gasteiger partial charge in [-0.2, -0.15) is 0 Å². The normalized spacial score (nSPS) is 16.8. The first-order chi connectivity index (χ1) is 9.33. The number of pyridine rings is 1. The third-order valence-electron chi connectivity index (χ3n) is 3.23. The fraction of sp³-hybridized carbons (Fsp3) is 0.417. The van der Waals surface area contributed by atoms with Gasteiger partial charge in [0.1, 0.15) is 15.8 Å². The van der Waals surface area contributed by atoms with Gasteiger partial charge in [-0.05, 0) is 12.1 Å². The Hall–Kier alpha value is -1.24. The number of hydrogen-bond acceptors (Lipinski definition) is 6. The first-order valence-electron chi connectivity index (χ1n) is 6.18. The predicted octanol–water partition coefficient (Wildman–Crippen LogP) is 1.91. The first kappa shape index (κ1) is 12.8. The summed E-state index contributed by atoms with van der Waals surface area (Å²) in [6, 6.07) is 6.02. The average molecular weight is 296 g/mol. The lowest BCUT2D eigenvalue weighted by atomic mass is 10.3. The summed E-state index contributed by atoms with van der Waals surface area (Å²) in [4.78, 5) is 9.04. The molecule has 1 fully saturated rings. The van der Waals surface area contributed by atoms with Gasteiger partial charge < -0.3 is 4.90 Å². The zero-order chi connectivity index (χ0) is 13.1. The number of hydrogen-bond donors (Lipinski definition) is 0. The Balaban J connectivity index is 1.57. The van der Waals surface area contributed by atoms with E-state index >= 15 is 0 Å². The third-order valence-corrected chi connectivity index (χ3v) is 4.21. The van der Waals surface area contributed by atoms with E-state index in [9.17, 15) is 0 Å². The van der Waals surface area contributed by atoms with Crippen molar-refractivity contribution in [3.05, 3.63) is 34.4 Å². The van der Waals surface area contributed by atoms with Crippen LogP contribution in [0.1, 0.15) is 5.69 Å². The van der Waals surface area contributed by atoms with E-state index in [0.717, 1.165) is 44.2 Å². The summed E-state index contributed by atoms with van der Waals surface area (Å²) in [5, 5.41) is 4.06. The van der Waals surface area contributed by atoms with Crippen LogP contribution in [0.5, 0.6) is 0 Å². The van der Waals surface area contributed by atoms with E-state index in [1.165, 1.54) is 11.5 Å². The summed E-state index contributed by atoms with van der Waals surface area (Å²) in [7, 11) is 0. The van der Waals surface area contributed by atoms with Crippen LogP contribution in [0.4, 0.5) is 5.82 Å². The molecule has 0 aromatic carbocycles. The minimum Gasteiger partial charge on any atom is -0.354 e. The molecule has 7 heteroatoms. The summed E-state index contributed by atoms with van der Waals surface area (Å²) in [6.45, 7) is 4.72. The predicted molar refractivity (Wildman–Crippen MR) is 76.6 cm³/mol. The number of piperazine rings is 1. The molecule has 0 unspecified atom stereocenters. The van der Waals surface area contributed by atoms with Crippen molar-refractivity contribution in [1.29, 1.82) is 0 Å². The zero-order valence-corrected chi connectivity index (χ0v) is 11.9. The second-order valence-electron chi connectivity index (χ2n) is 4.44. The van der Waals surface area contributed by atoms with Crippen molar-refractivity contribution in [2.24, 2.45) is 0 Å². The molecule has 0 bridgehead atoms. The highest BCUT2D eigenvalue weighted by Gasteiger charge is 2.19.